The van der Waals surface area contributed by atoms with Crippen LogP contribution in [-0.2, 0) is 6.54 Å². The van der Waals surface area contributed by atoms with Crippen LogP contribution in [0.4, 0.5) is 14.5 Å². The van der Waals surface area contributed by atoms with Gasteiger partial charge >= 0.3 is 0 Å². The summed E-state index contributed by atoms with van der Waals surface area (Å²) in [7, 11) is 0. The second-order valence-corrected chi connectivity index (χ2v) is 4.28. The van der Waals surface area contributed by atoms with Crippen LogP contribution in [0.5, 0.6) is 0 Å². The predicted octanol–water partition coefficient (Wildman–Crippen LogP) is 2.18. The molecule has 0 aliphatic carbocycles. The zero-order valence-corrected chi connectivity index (χ0v) is 10.8. The van der Waals surface area contributed by atoms with E-state index in [1.807, 2.05) is 13.0 Å². The molecule has 3 N–H and O–H groups in total. The number of benzene rings is 1. The highest BCUT2D eigenvalue weighted by atomic mass is 19.1. The first kappa shape index (κ1) is 13.9. The number of aryl methyl sites for hydroxylation is 1. The Labute approximate surface area is 114 Å². The summed E-state index contributed by atoms with van der Waals surface area (Å²) in [6.07, 6.45) is 1.58. The lowest BCUT2D eigenvalue weighted by Gasteiger charge is -2.09. The highest BCUT2D eigenvalue weighted by Crippen LogP contribution is 2.18. The highest BCUT2D eigenvalue weighted by Gasteiger charge is 2.19. The maximum atomic E-state index is 13.7. The van der Waals surface area contributed by atoms with Crippen molar-refractivity contribution in [3.05, 3.63) is 58.9 Å². The summed E-state index contributed by atoms with van der Waals surface area (Å²) in [6.45, 7) is 1.91. The summed E-state index contributed by atoms with van der Waals surface area (Å²) < 4.78 is 27.2. The largest absolute Gasteiger partial charge is 0.396 e. The average Bonchev–Trinajstić information content (AvgIpc) is 2.42. The van der Waals surface area contributed by atoms with Crippen molar-refractivity contribution < 1.29 is 13.6 Å². The second kappa shape index (κ2) is 5.64. The molecule has 4 nitrogen and oxygen atoms in total. The smallest absolute Gasteiger partial charge is 0.257 e. The summed E-state index contributed by atoms with van der Waals surface area (Å²) >= 11 is 0. The molecule has 20 heavy (non-hydrogen) atoms. The van der Waals surface area contributed by atoms with Crippen LogP contribution in [0.15, 0.2) is 30.5 Å². The summed E-state index contributed by atoms with van der Waals surface area (Å²) in [5, 5.41) is 2.43. The number of nitrogen functional groups attached to an aromatic ring is 1. The third-order valence-corrected chi connectivity index (χ3v) is 2.88. The Morgan fingerprint density at radius 3 is 2.80 bits per heavy atom. The van der Waals surface area contributed by atoms with E-state index in [1.165, 1.54) is 0 Å². The molecular formula is C14H13F2N3O. The lowest BCUT2D eigenvalue weighted by molar-refractivity contribution is 0.0942. The minimum absolute atomic E-state index is 0.0825. The molecule has 1 heterocycles. The lowest BCUT2D eigenvalue weighted by Crippen LogP contribution is -2.26. The van der Waals surface area contributed by atoms with Crippen molar-refractivity contribution in [1.29, 1.82) is 0 Å². The van der Waals surface area contributed by atoms with Crippen molar-refractivity contribution in [3.63, 3.8) is 0 Å². The summed E-state index contributed by atoms with van der Waals surface area (Å²) in [5.41, 5.74) is 5.88. The van der Waals surface area contributed by atoms with Gasteiger partial charge in [0.05, 0.1) is 17.9 Å². The predicted molar refractivity (Wildman–Crippen MR) is 70.9 cm³/mol. The Kier molecular flexibility index (Phi) is 3.93. The molecule has 2 rings (SSSR count). The Bertz CT molecular complexity index is 659. The van der Waals surface area contributed by atoms with Crippen LogP contribution in [0, 0.1) is 18.6 Å². The first-order valence-electron chi connectivity index (χ1n) is 5.93. The molecule has 0 radical (unpaired) electrons. The number of pyridine rings is 1. The van der Waals surface area contributed by atoms with Gasteiger partial charge in [0.1, 0.15) is 11.4 Å². The van der Waals surface area contributed by atoms with Gasteiger partial charge in [0.25, 0.3) is 5.91 Å². The van der Waals surface area contributed by atoms with Crippen molar-refractivity contribution in [2.45, 2.75) is 13.5 Å². The number of carbonyl (C=O) groups excluding carboxylic acids is 1. The number of nitrogens with one attached hydrogen (secondary N) is 1. The number of carbonyl (C=O) groups is 1. The van der Waals surface area contributed by atoms with E-state index in [-0.39, 0.29) is 12.2 Å². The Morgan fingerprint density at radius 2 is 2.10 bits per heavy atom. The van der Waals surface area contributed by atoms with E-state index in [1.54, 1.807) is 12.3 Å². The molecule has 0 spiro atoms. The molecular weight excluding hydrogens is 264 g/mol. The van der Waals surface area contributed by atoms with E-state index in [9.17, 15) is 13.6 Å². The number of nitrogens with zero attached hydrogens (tertiary/aromatic N) is 1. The van der Waals surface area contributed by atoms with Gasteiger partial charge in [0, 0.05) is 6.20 Å². The summed E-state index contributed by atoms with van der Waals surface area (Å²) in [4.78, 5) is 15.9. The molecule has 1 amide bonds. The molecule has 6 heteroatoms. The summed E-state index contributed by atoms with van der Waals surface area (Å²) in [6, 6.07) is 5.62. The molecule has 0 atom stereocenters. The normalized spacial score (nSPS) is 10.3. The third kappa shape index (κ3) is 2.74. The average molecular weight is 277 g/mol. The van der Waals surface area contributed by atoms with Crippen LogP contribution < -0.4 is 11.1 Å². The number of aromatic nitrogens is 1. The maximum Gasteiger partial charge on any atom is 0.257 e. The molecule has 1 aromatic carbocycles. The second-order valence-electron chi connectivity index (χ2n) is 4.28. The van der Waals surface area contributed by atoms with Crippen LogP contribution in [0.1, 0.15) is 21.6 Å². The Morgan fingerprint density at radius 1 is 1.35 bits per heavy atom. The van der Waals surface area contributed by atoms with E-state index in [0.717, 1.165) is 17.7 Å². The molecule has 0 saturated carbocycles. The number of rotatable bonds is 3. The molecule has 0 aliphatic rings. The van der Waals surface area contributed by atoms with Crippen molar-refractivity contribution in [3.8, 4) is 0 Å². The maximum absolute atomic E-state index is 13.7. The van der Waals surface area contributed by atoms with Gasteiger partial charge < -0.3 is 11.1 Å². The fraction of sp³-hybridized carbons (Fsp3) is 0.143. The summed E-state index contributed by atoms with van der Waals surface area (Å²) in [5.74, 6) is -2.87. The standard InChI is InChI=1S/C14H13F2N3O/c1-8-3-2-6-18-11(8)7-19-14(20)12-9(15)4-5-10(17)13(12)16/h2-6H,7,17H2,1H3,(H,19,20). The monoisotopic (exact) mass is 277 g/mol. The molecule has 0 aliphatic heterocycles. The zero-order valence-electron chi connectivity index (χ0n) is 10.8. The minimum Gasteiger partial charge on any atom is -0.396 e. The van der Waals surface area contributed by atoms with Gasteiger partial charge in [-0.25, -0.2) is 8.78 Å². The van der Waals surface area contributed by atoms with E-state index in [2.05, 4.69) is 10.3 Å². The Balaban J connectivity index is 2.18. The van der Waals surface area contributed by atoms with Gasteiger partial charge in [0.2, 0.25) is 0 Å². The van der Waals surface area contributed by atoms with Gasteiger partial charge in [-0.1, -0.05) is 6.07 Å². The first-order chi connectivity index (χ1) is 9.50. The third-order valence-electron chi connectivity index (χ3n) is 2.88. The highest BCUT2D eigenvalue weighted by molar-refractivity contribution is 5.95. The van der Waals surface area contributed by atoms with Crippen molar-refractivity contribution in [2.75, 3.05) is 5.73 Å². The molecule has 104 valence electrons. The molecule has 0 saturated heterocycles. The fourth-order valence-corrected chi connectivity index (χ4v) is 1.73. The topological polar surface area (TPSA) is 68.0 Å². The fourth-order valence-electron chi connectivity index (χ4n) is 1.73. The van der Waals surface area contributed by atoms with Crippen LogP contribution in [0.25, 0.3) is 0 Å². The number of anilines is 1. The van der Waals surface area contributed by atoms with Crippen LogP contribution in [0.3, 0.4) is 0 Å². The number of halogens is 2. The number of amides is 1. The first-order valence-corrected chi connectivity index (χ1v) is 5.93. The Hall–Kier alpha value is -2.50. The van der Waals surface area contributed by atoms with Gasteiger partial charge in [-0.05, 0) is 30.7 Å². The zero-order chi connectivity index (χ0) is 14.7. The SMILES string of the molecule is Cc1cccnc1CNC(=O)c1c(F)ccc(N)c1F. The van der Waals surface area contributed by atoms with Crippen LogP contribution >= 0.6 is 0 Å². The lowest BCUT2D eigenvalue weighted by atomic mass is 10.1. The van der Waals surface area contributed by atoms with Crippen molar-refractivity contribution >= 4 is 11.6 Å². The number of hydrogen-bond acceptors (Lipinski definition) is 3. The van der Waals surface area contributed by atoms with Crippen molar-refractivity contribution in [2.24, 2.45) is 0 Å². The molecule has 0 unspecified atom stereocenters. The molecule has 0 fully saturated rings. The molecule has 0 bridgehead atoms. The number of nitrogens with two attached hydrogens (primary N) is 1. The van der Waals surface area contributed by atoms with Gasteiger partial charge in [-0.3, -0.25) is 9.78 Å². The quantitative estimate of drug-likeness (QED) is 0.845. The van der Waals surface area contributed by atoms with Crippen molar-refractivity contribution in [1.82, 2.24) is 10.3 Å². The van der Waals surface area contributed by atoms with E-state index >= 15 is 0 Å². The van der Waals surface area contributed by atoms with E-state index in [4.69, 9.17) is 5.73 Å². The molecule has 2 aromatic rings. The van der Waals surface area contributed by atoms with Crippen LogP contribution in [-0.4, -0.2) is 10.9 Å². The van der Waals surface area contributed by atoms with Gasteiger partial charge in [-0.15, -0.1) is 0 Å². The van der Waals surface area contributed by atoms with Crippen LogP contribution in [0.2, 0.25) is 0 Å². The minimum atomic E-state index is -1.06. The van der Waals surface area contributed by atoms with E-state index < -0.39 is 23.1 Å². The van der Waals surface area contributed by atoms with Gasteiger partial charge in [-0.2, -0.15) is 0 Å². The molecule has 1 aromatic heterocycles. The van der Waals surface area contributed by atoms with E-state index in [0.29, 0.717) is 5.69 Å². The number of hydrogen-bond donors (Lipinski definition) is 2. The van der Waals surface area contributed by atoms with Gasteiger partial charge in [0.15, 0.2) is 5.82 Å².